The van der Waals surface area contributed by atoms with E-state index in [9.17, 15) is 4.39 Å². The van der Waals surface area contributed by atoms with Gasteiger partial charge in [-0.2, -0.15) is 0 Å². The van der Waals surface area contributed by atoms with Gasteiger partial charge in [-0.3, -0.25) is 0 Å². The first-order valence-electron chi connectivity index (χ1n) is 5.63. The monoisotopic (exact) mass is 284 g/mol. The molecule has 2 aromatic rings. The second-order valence-corrected chi connectivity index (χ2v) is 5.84. The lowest BCUT2D eigenvalue weighted by Crippen LogP contribution is -2.07. The van der Waals surface area contributed by atoms with Crippen LogP contribution in [0.4, 0.5) is 10.1 Å². The molecule has 1 unspecified atom stereocenters. The topological polar surface area (TPSA) is 24.9 Å². The Bertz CT molecular complexity index is 568. The SMILES string of the molecule is Cc1nc(C)c(C(C)Nc2ccc(Cl)cc2F)s1. The highest BCUT2D eigenvalue weighted by molar-refractivity contribution is 7.11. The van der Waals surface area contributed by atoms with Crippen LogP contribution in [0, 0.1) is 19.7 Å². The van der Waals surface area contributed by atoms with Crippen LogP contribution in [0.25, 0.3) is 0 Å². The molecule has 5 heteroatoms. The lowest BCUT2D eigenvalue weighted by atomic mass is 10.2. The van der Waals surface area contributed by atoms with Gasteiger partial charge < -0.3 is 5.32 Å². The molecule has 0 amide bonds. The van der Waals surface area contributed by atoms with E-state index in [1.54, 1.807) is 23.5 Å². The highest BCUT2D eigenvalue weighted by Crippen LogP contribution is 2.29. The number of rotatable bonds is 3. The van der Waals surface area contributed by atoms with Crippen LogP contribution in [0.3, 0.4) is 0 Å². The Labute approximate surface area is 115 Å². The fourth-order valence-electron chi connectivity index (χ4n) is 1.85. The zero-order valence-electron chi connectivity index (χ0n) is 10.4. The summed E-state index contributed by atoms with van der Waals surface area (Å²) in [6.07, 6.45) is 0. The summed E-state index contributed by atoms with van der Waals surface area (Å²) in [4.78, 5) is 5.50. The van der Waals surface area contributed by atoms with E-state index in [0.29, 0.717) is 10.7 Å². The summed E-state index contributed by atoms with van der Waals surface area (Å²) in [6, 6.07) is 4.65. The van der Waals surface area contributed by atoms with Crippen LogP contribution in [0.2, 0.25) is 5.02 Å². The van der Waals surface area contributed by atoms with Crippen LogP contribution in [0.5, 0.6) is 0 Å². The minimum atomic E-state index is -0.340. The summed E-state index contributed by atoms with van der Waals surface area (Å²) >= 11 is 7.35. The second kappa shape index (κ2) is 5.24. The molecular formula is C13H14ClFN2S. The summed E-state index contributed by atoms with van der Waals surface area (Å²) in [6.45, 7) is 5.93. The van der Waals surface area contributed by atoms with Gasteiger partial charge in [-0.05, 0) is 39.0 Å². The normalized spacial score (nSPS) is 12.5. The molecule has 0 bridgehead atoms. The Hall–Kier alpha value is -1.13. The Balaban J connectivity index is 2.21. The first-order chi connectivity index (χ1) is 8.47. The average Bonchev–Trinajstić information content (AvgIpc) is 2.62. The van der Waals surface area contributed by atoms with E-state index < -0.39 is 0 Å². The molecule has 2 rings (SSSR count). The summed E-state index contributed by atoms with van der Waals surface area (Å²) in [5, 5.41) is 4.56. The van der Waals surface area contributed by atoms with Gasteiger partial charge in [0.25, 0.3) is 0 Å². The van der Waals surface area contributed by atoms with Crippen LogP contribution in [-0.4, -0.2) is 4.98 Å². The number of anilines is 1. The predicted molar refractivity (Wildman–Crippen MR) is 75.0 cm³/mol. The molecule has 1 atom stereocenters. The molecular weight excluding hydrogens is 271 g/mol. The van der Waals surface area contributed by atoms with Crippen LogP contribution < -0.4 is 5.32 Å². The van der Waals surface area contributed by atoms with E-state index in [-0.39, 0.29) is 11.9 Å². The lowest BCUT2D eigenvalue weighted by molar-refractivity contribution is 0.628. The third-order valence-corrected chi connectivity index (χ3v) is 4.13. The van der Waals surface area contributed by atoms with E-state index in [1.807, 2.05) is 20.8 Å². The number of nitrogens with zero attached hydrogens (tertiary/aromatic N) is 1. The van der Waals surface area contributed by atoms with E-state index in [0.717, 1.165) is 15.6 Å². The summed E-state index contributed by atoms with van der Waals surface area (Å²) < 4.78 is 13.7. The third kappa shape index (κ3) is 2.82. The van der Waals surface area contributed by atoms with Gasteiger partial charge in [-0.15, -0.1) is 11.3 Å². The standard InChI is InChI=1S/C13H14ClFN2S/c1-7-13(18-9(3)16-7)8(2)17-12-5-4-10(14)6-11(12)15/h4-6,8,17H,1-3H3. The van der Waals surface area contributed by atoms with Crippen molar-refractivity contribution in [2.75, 3.05) is 5.32 Å². The van der Waals surface area contributed by atoms with Gasteiger partial charge in [0.2, 0.25) is 0 Å². The molecule has 0 radical (unpaired) electrons. The fourth-order valence-corrected chi connectivity index (χ4v) is 2.94. The molecule has 1 aromatic carbocycles. The van der Waals surface area contributed by atoms with Crippen molar-refractivity contribution in [1.82, 2.24) is 4.98 Å². The molecule has 0 aliphatic rings. The van der Waals surface area contributed by atoms with Crippen molar-refractivity contribution in [1.29, 1.82) is 0 Å². The Morgan fingerprint density at radius 1 is 1.39 bits per heavy atom. The maximum absolute atomic E-state index is 13.7. The zero-order valence-corrected chi connectivity index (χ0v) is 12.0. The summed E-state index contributed by atoms with van der Waals surface area (Å²) in [5.74, 6) is -0.340. The maximum atomic E-state index is 13.7. The average molecular weight is 285 g/mol. The van der Waals surface area contributed by atoms with Crippen LogP contribution in [-0.2, 0) is 0 Å². The van der Waals surface area contributed by atoms with Gasteiger partial charge in [0.1, 0.15) is 5.82 Å². The number of benzene rings is 1. The molecule has 1 heterocycles. The van der Waals surface area contributed by atoms with Crippen molar-refractivity contribution in [3.8, 4) is 0 Å². The Morgan fingerprint density at radius 2 is 2.11 bits per heavy atom. The van der Waals surface area contributed by atoms with Crippen molar-refractivity contribution in [2.45, 2.75) is 26.8 Å². The Kier molecular flexibility index (Phi) is 3.88. The van der Waals surface area contributed by atoms with Crippen molar-refractivity contribution < 1.29 is 4.39 Å². The van der Waals surface area contributed by atoms with Crippen molar-refractivity contribution in [2.24, 2.45) is 0 Å². The molecule has 0 aliphatic heterocycles. The molecule has 0 saturated carbocycles. The van der Waals surface area contributed by atoms with Gasteiger partial charge in [0.05, 0.1) is 22.4 Å². The van der Waals surface area contributed by atoms with Crippen LogP contribution >= 0.6 is 22.9 Å². The van der Waals surface area contributed by atoms with E-state index in [4.69, 9.17) is 11.6 Å². The molecule has 1 N–H and O–H groups in total. The van der Waals surface area contributed by atoms with E-state index in [2.05, 4.69) is 10.3 Å². The number of nitrogens with one attached hydrogen (secondary N) is 1. The smallest absolute Gasteiger partial charge is 0.147 e. The lowest BCUT2D eigenvalue weighted by Gasteiger charge is -2.15. The fraction of sp³-hybridized carbons (Fsp3) is 0.308. The second-order valence-electron chi connectivity index (χ2n) is 4.17. The number of hydrogen-bond acceptors (Lipinski definition) is 3. The molecule has 0 spiro atoms. The third-order valence-electron chi connectivity index (χ3n) is 2.64. The number of thiazole rings is 1. The summed E-state index contributed by atoms with van der Waals surface area (Å²) in [5.41, 5.74) is 1.45. The van der Waals surface area contributed by atoms with Crippen molar-refractivity contribution in [3.05, 3.63) is 44.6 Å². The largest absolute Gasteiger partial charge is 0.375 e. The first-order valence-corrected chi connectivity index (χ1v) is 6.82. The van der Waals surface area contributed by atoms with Gasteiger partial charge >= 0.3 is 0 Å². The number of hydrogen-bond donors (Lipinski definition) is 1. The van der Waals surface area contributed by atoms with Gasteiger partial charge in [-0.25, -0.2) is 9.37 Å². The molecule has 0 fully saturated rings. The van der Waals surface area contributed by atoms with E-state index in [1.165, 1.54) is 6.07 Å². The quantitative estimate of drug-likeness (QED) is 0.882. The highest BCUT2D eigenvalue weighted by Gasteiger charge is 2.14. The summed E-state index contributed by atoms with van der Waals surface area (Å²) in [7, 11) is 0. The number of aryl methyl sites for hydroxylation is 2. The number of aromatic nitrogens is 1. The molecule has 0 aliphatic carbocycles. The van der Waals surface area contributed by atoms with E-state index >= 15 is 0 Å². The molecule has 96 valence electrons. The molecule has 0 saturated heterocycles. The van der Waals surface area contributed by atoms with Crippen molar-refractivity contribution in [3.63, 3.8) is 0 Å². The van der Waals surface area contributed by atoms with Gasteiger partial charge in [0.15, 0.2) is 0 Å². The van der Waals surface area contributed by atoms with Gasteiger partial charge in [-0.1, -0.05) is 11.6 Å². The maximum Gasteiger partial charge on any atom is 0.147 e. The van der Waals surface area contributed by atoms with Crippen LogP contribution in [0.15, 0.2) is 18.2 Å². The first kappa shape index (κ1) is 13.3. The van der Waals surface area contributed by atoms with Crippen LogP contribution in [0.1, 0.15) is 28.5 Å². The molecule has 18 heavy (non-hydrogen) atoms. The zero-order chi connectivity index (χ0) is 13.3. The predicted octanol–water partition coefficient (Wildman–Crippen LogP) is 4.73. The van der Waals surface area contributed by atoms with Crippen molar-refractivity contribution >= 4 is 28.6 Å². The number of halogens is 2. The minimum absolute atomic E-state index is 0.0203. The highest BCUT2D eigenvalue weighted by atomic mass is 35.5. The molecule has 2 nitrogen and oxygen atoms in total. The minimum Gasteiger partial charge on any atom is -0.375 e. The molecule has 1 aromatic heterocycles. The Morgan fingerprint density at radius 3 is 2.67 bits per heavy atom. The van der Waals surface area contributed by atoms with Gasteiger partial charge in [0, 0.05) is 9.90 Å².